The molecule has 3 aliphatic heterocycles. The molecule has 0 aromatic heterocycles. The van der Waals surface area contributed by atoms with Crippen LogP contribution < -0.4 is 0 Å². The summed E-state index contributed by atoms with van der Waals surface area (Å²) in [5.41, 5.74) is 1.11. The lowest BCUT2D eigenvalue weighted by Crippen LogP contribution is -2.65. The Labute approximate surface area is 331 Å². The van der Waals surface area contributed by atoms with Crippen LogP contribution in [-0.4, -0.2) is 137 Å². The van der Waals surface area contributed by atoms with Gasteiger partial charge in [0.25, 0.3) is 11.7 Å². The molecule has 0 aromatic rings. The third-order valence-corrected chi connectivity index (χ3v) is 13.0. The molecule has 0 unspecified atom stereocenters. The van der Waals surface area contributed by atoms with Gasteiger partial charge in [-0.25, -0.2) is 4.79 Å². The van der Waals surface area contributed by atoms with Crippen LogP contribution in [0.3, 0.4) is 0 Å². The van der Waals surface area contributed by atoms with Gasteiger partial charge in [-0.1, -0.05) is 39.8 Å². The van der Waals surface area contributed by atoms with E-state index in [4.69, 9.17) is 23.7 Å². The van der Waals surface area contributed by atoms with Crippen molar-refractivity contribution in [2.24, 2.45) is 29.6 Å². The molecular formula is C42H67NO13. The van der Waals surface area contributed by atoms with Crippen molar-refractivity contribution in [1.82, 2.24) is 4.90 Å². The fraction of sp³-hybridized carbons (Fsp3) is 0.810. The highest BCUT2D eigenvalue weighted by Crippen LogP contribution is 2.40. The van der Waals surface area contributed by atoms with E-state index in [-0.39, 0.29) is 43.6 Å². The molecule has 2 saturated heterocycles. The summed E-state index contributed by atoms with van der Waals surface area (Å²) in [6, 6.07) is -1.17. The van der Waals surface area contributed by atoms with Gasteiger partial charge in [0.2, 0.25) is 5.79 Å². The number of fused-ring (bicyclic) bond motifs is 3. The number of aliphatic hydroxyl groups is 4. The summed E-state index contributed by atoms with van der Waals surface area (Å²) in [6.07, 6.45) is -0.175. The van der Waals surface area contributed by atoms with Crippen molar-refractivity contribution < 1.29 is 63.3 Å². The summed E-state index contributed by atoms with van der Waals surface area (Å²) in [6.45, 7) is 10.4. The van der Waals surface area contributed by atoms with E-state index in [0.717, 1.165) is 4.90 Å². The number of amides is 1. The third kappa shape index (κ3) is 9.99. The smallest absolute Gasteiger partial charge is 0.329 e. The Morgan fingerprint density at radius 1 is 0.929 bits per heavy atom. The first kappa shape index (κ1) is 46.1. The fourth-order valence-corrected chi connectivity index (χ4v) is 9.21. The van der Waals surface area contributed by atoms with Crippen LogP contribution in [0.2, 0.25) is 0 Å². The molecule has 2 bridgehead atoms. The van der Waals surface area contributed by atoms with Crippen molar-refractivity contribution in [2.45, 2.75) is 160 Å². The van der Waals surface area contributed by atoms with Gasteiger partial charge in [0.05, 0.1) is 36.6 Å². The van der Waals surface area contributed by atoms with E-state index in [1.54, 1.807) is 47.8 Å². The van der Waals surface area contributed by atoms with E-state index in [1.807, 2.05) is 13.0 Å². The van der Waals surface area contributed by atoms with Crippen molar-refractivity contribution in [3.05, 3.63) is 23.3 Å². The predicted molar refractivity (Wildman–Crippen MR) is 205 cm³/mol. The maximum Gasteiger partial charge on any atom is 0.329 e. The number of aliphatic hydroxyl groups excluding tert-OH is 3. The van der Waals surface area contributed by atoms with Crippen molar-refractivity contribution in [2.75, 3.05) is 27.9 Å². The van der Waals surface area contributed by atoms with E-state index >= 15 is 0 Å². The highest BCUT2D eigenvalue weighted by atomic mass is 16.7. The first-order valence-corrected chi connectivity index (χ1v) is 20.4. The number of esters is 1. The Hall–Kier alpha value is -2.56. The van der Waals surface area contributed by atoms with Crippen LogP contribution >= 0.6 is 0 Å². The molecule has 3 heterocycles. The lowest BCUT2D eigenvalue weighted by atomic mass is 9.79. The molecule has 0 radical (unpaired) electrons. The number of hydrogen-bond donors (Lipinski definition) is 4. The molecule has 4 N–H and O–H groups in total. The average Bonchev–Trinajstić information content (AvgIpc) is 3.19. The SMILES string of the molecule is CC[C@@H]1/C=C(\C)[C@@H](O)[C@H](C)[C@H](OC)[C@H]2O[C@@](O)(C(=O)C(=O)N3CCCC[C@H]3C(=O)O[C@H](/C(C)=C/[C@@H]3CC[C@@H](O)[C@H](OC)C3)[C@H](C)[C@@H](O)CC1=O)[C@H](C)C[C@@H]2OC. The monoisotopic (exact) mass is 793 g/mol. The molecule has 14 heteroatoms. The molecule has 4 rings (SSSR count). The second-order valence-electron chi connectivity index (χ2n) is 16.7. The zero-order valence-electron chi connectivity index (χ0n) is 34.7. The molecule has 1 amide bonds. The molecule has 4 aliphatic rings. The second kappa shape index (κ2) is 19.9. The molecule has 56 heavy (non-hydrogen) atoms. The van der Waals surface area contributed by atoms with Crippen LogP contribution in [0, 0.1) is 29.6 Å². The zero-order chi connectivity index (χ0) is 41.6. The van der Waals surface area contributed by atoms with Crippen molar-refractivity contribution >= 4 is 23.4 Å². The van der Waals surface area contributed by atoms with Gasteiger partial charge < -0.3 is 49.0 Å². The first-order chi connectivity index (χ1) is 26.4. The summed E-state index contributed by atoms with van der Waals surface area (Å²) in [4.78, 5) is 57.6. The molecular weight excluding hydrogens is 726 g/mol. The molecule has 1 saturated carbocycles. The Bertz CT molecular complexity index is 1450. The molecule has 318 valence electrons. The van der Waals surface area contributed by atoms with Gasteiger partial charge in [0.15, 0.2) is 0 Å². The van der Waals surface area contributed by atoms with E-state index in [1.165, 1.54) is 14.2 Å². The third-order valence-electron chi connectivity index (χ3n) is 13.0. The molecule has 14 nitrogen and oxygen atoms in total. The summed E-state index contributed by atoms with van der Waals surface area (Å²) in [5, 5.41) is 45.7. The minimum absolute atomic E-state index is 0.0247. The van der Waals surface area contributed by atoms with Gasteiger partial charge in [-0.15, -0.1) is 0 Å². The normalized spacial score (nSPS) is 42.7. The quantitative estimate of drug-likeness (QED) is 0.174. The van der Waals surface area contributed by atoms with Crippen LogP contribution in [0.25, 0.3) is 0 Å². The number of cyclic esters (lactones) is 1. The van der Waals surface area contributed by atoms with Gasteiger partial charge >= 0.3 is 5.97 Å². The summed E-state index contributed by atoms with van der Waals surface area (Å²) in [7, 11) is 4.42. The number of carbonyl (C=O) groups excluding carboxylic acids is 4. The zero-order valence-corrected chi connectivity index (χ0v) is 34.7. The Kier molecular flexibility index (Phi) is 16.4. The van der Waals surface area contributed by atoms with Crippen LogP contribution in [0.15, 0.2) is 23.3 Å². The van der Waals surface area contributed by atoms with Gasteiger partial charge in [0, 0.05) is 58.0 Å². The first-order valence-electron chi connectivity index (χ1n) is 20.4. The topological polar surface area (TPSA) is 199 Å². The number of piperidine rings is 1. The molecule has 1 aliphatic carbocycles. The minimum atomic E-state index is -2.61. The molecule has 3 fully saturated rings. The van der Waals surface area contributed by atoms with Crippen molar-refractivity contribution in [3.63, 3.8) is 0 Å². The number of ether oxygens (including phenoxy) is 5. The highest BCUT2D eigenvalue weighted by Gasteiger charge is 2.57. The number of carbonyl (C=O) groups is 4. The van der Waals surface area contributed by atoms with Gasteiger partial charge in [-0.05, 0) is 82.3 Å². The fourth-order valence-electron chi connectivity index (χ4n) is 9.21. The molecule has 15 atom stereocenters. The van der Waals surface area contributed by atoms with E-state index in [2.05, 4.69) is 0 Å². The number of hydrogen-bond acceptors (Lipinski definition) is 13. The lowest BCUT2D eigenvalue weighted by molar-refractivity contribution is -0.306. The standard InChI is InChI=1S/C42H67NO13/c1-10-28-18-22(2)35(47)26(6)37(54-9)38-34(53-8)19-24(4)42(51,56-38)39(48)40(49)43-16-12-11-13-29(43)41(50)55-36(25(5)31(45)21-32(28)46)23(3)17-27-14-15-30(44)33(20-27)52-7/h17-18,24-31,33-38,44-45,47,51H,10-16,19-21H2,1-9H3/b22-18+,23-17+/t24-,25-,26+,27+,28-,29+,30-,31+,33-,34+,35-,36-,37+,38+,42-/m1/s1. The second-order valence-corrected chi connectivity index (χ2v) is 16.7. The number of methoxy groups -OCH3 is 3. The van der Waals surface area contributed by atoms with E-state index < -0.39 is 95.9 Å². The van der Waals surface area contributed by atoms with Gasteiger partial charge in [-0.3, -0.25) is 14.4 Å². The number of Topliss-reactive ketones (excluding diaryl/α,β-unsaturated/α-hetero) is 2. The largest absolute Gasteiger partial charge is 0.456 e. The number of rotatable bonds is 6. The summed E-state index contributed by atoms with van der Waals surface area (Å²) in [5.74, 6) is -9.00. The average molecular weight is 794 g/mol. The molecule has 0 spiro atoms. The highest BCUT2D eigenvalue weighted by molar-refractivity contribution is 6.39. The maximum absolute atomic E-state index is 14.3. The van der Waals surface area contributed by atoms with Crippen molar-refractivity contribution in [1.29, 1.82) is 0 Å². The lowest BCUT2D eigenvalue weighted by Gasteiger charge is -2.48. The number of nitrogens with zero attached hydrogens (tertiary/aromatic N) is 1. The number of ketones is 2. The Morgan fingerprint density at radius 3 is 2.23 bits per heavy atom. The number of allylic oxidation sites excluding steroid dienone is 2. The Balaban J connectivity index is 1.80. The molecule has 0 aromatic carbocycles. The summed E-state index contributed by atoms with van der Waals surface area (Å²) < 4.78 is 29.5. The van der Waals surface area contributed by atoms with Crippen LogP contribution in [0.4, 0.5) is 0 Å². The Morgan fingerprint density at radius 2 is 1.61 bits per heavy atom. The van der Waals surface area contributed by atoms with E-state index in [0.29, 0.717) is 49.7 Å². The van der Waals surface area contributed by atoms with Crippen LogP contribution in [0.1, 0.15) is 99.3 Å². The summed E-state index contributed by atoms with van der Waals surface area (Å²) >= 11 is 0. The van der Waals surface area contributed by atoms with Gasteiger partial charge in [-0.2, -0.15) is 0 Å². The van der Waals surface area contributed by atoms with Crippen LogP contribution in [0.5, 0.6) is 0 Å². The van der Waals surface area contributed by atoms with Crippen molar-refractivity contribution in [3.8, 4) is 0 Å². The van der Waals surface area contributed by atoms with Gasteiger partial charge in [0.1, 0.15) is 24.0 Å². The van der Waals surface area contributed by atoms with Crippen LogP contribution in [-0.2, 0) is 42.9 Å². The maximum atomic E-state index is 14.3. The predicted octanol–water partition coefficient (Wildman–Crippen LogP) is 3.05. The minimum Gasteiger partial charge on any atom is -0.456 e. The van der Waals surface area contributed by atoms with E-state index in [9.17, 15) is 39.6 Å².